The molecule has 2 aromatic carbocycles. The number of esters is 1. The number of fused-ring (bicyclic) bond motifs is 2. The molecule has 156 valence electrons. The molecule has 1 saturated carbocycles. The van der Waals surface area contributed by atoms with Crippen LogP contribution in [0, 0.1) is 5.92 Å². The monoisotopic (exact) mass is 444 g/mol. The number of rotatable bonds is 4. The molecule has 3 saturated heterocycles. The average Bonchev–Trinajstić information content (AvgIpc) is 3.03. The molecule has 2 aromatic rings. The molecule has 4 aliphatic rings. The standard InChI is InChI=1S/C22H21ClN2O4S/c1-28-15-8-2-12(3-9-15)11-24-19-18(16-10-17(26)20(19)29-21(16)27)25(22(24)30)14-6-4-13(23)5-7-14/h2-9,16-20,26H,10-11H2,1H3/t16-,17-,18-,19-,20+/m1/s1. The van der Waals surface area contributed by atoms with Crippen LogP contribution in [0.15, 0.2) is 48.5 Å². The maximum atomic E-state index is 12.6. The second-order valence-corrected chi connectivity index (χ2v) is 8.70. The summed E-state index contributed by atoms with van der Waals surface area (Å²) in [5, 5.41) is 11.8. The van der Waals surface area contributed by atoms with Gasteiger partial charge in [0.2, 0.25) is 0 Å². The number of nitrogens with zero attached hydrogens (tertiary/aromatic N) is 2. The van der Waals surface area contributed by atoms with Crippen molar-refractivity contribution in [2.75, 3.05) is 12.0 Å². The molecule has 1 aliphatic carbocycles. The smallest absolute Gasteiger partial charge is 0.311 e. The van der Waals surface area contributed by atoms with Crippen molar-refractivity contribution in [3.8, 4) is 5.75 Å². The molecule has 0 unspecified atom stereocenters. The Labute approximate surface area is 184 Å². The van der Waals surface area contributed by atoms with E-state index in [0.29, 0.717) is 23.1 Å². The van der Waals surface area contributed by atoms with Crippen molar-refractivity contribution >= 4 is 40.6 Å². The molecular weight excluding hydrogens is 424 g/mol. The third-order valence-corrected chi connectivity index (χ3v) is 6.94. The van der Waals surface area contributed by atoms with E-state index in [0.717, 1.165) is 17.0 Å². The Bertz CT molecular complexity index is 984. The van der Waals surface area contributed by atoms with E-state index in [1.54, 1.807) is 7.11 Å². The Balaban J connectivity index is 1.54. The maximum Gasteiger partial charge on any atom is 0.311 e. The van der Waals surface area contributed by atoms with Crippen molar-refractivity contribution in [3.63, 3.8) is 0 Å². The maximum absolute atomic E-state index is 12.6. The third kappa shape index (κ3) is 3.04. The number of aliphatic hydroxyl groups is 1. The summed E-state index contributed by atoms with van der Waals surface area (Å²) in [6, 6.07) is 14.8. The first-order chi connectivity index (χ1) is 14.5. The van der Waals surface area contributed by atoms with Gasteiger partial charge in [-0.3, -0.25) is 4.79 Å². The number of aliphatic hydroxyl groups excluding tert-OH is 1. The van der Waals surface area contributed by atoms with Crippen molar-refractivity contribution in [2.45, 2.75) is 37.3 Å². The lowest BCUT2D eigenvalue weighted by molar-refractivity contribution is -0.194. The molecule has 5 atom stereocenters. The summed E-state index contributed by atoms with van der Waals surface area (Å²) in [5.74, 6) is 0.0774. The number of hydrogen-bond acceptors (Lipinski definition) is 5. The molecule has 30 heavy (non-hydrogen) atoms. The topological polar surface area (TPSA) is 62.2 Å². The molecule has 6 nitrogen and oxygen atoms in total. The zero-order chi connectivity index (χ0) is 21.0. The van der Waals surface area contributed by atoms with E-state index in [9.17, 15) is 9.90 Å². The first-order valence-electron chi connectivity index (χ1n) is 9.85. The molecule has 3 heterocycles. The highest BCUT2D eigenvalue weighted by Gasteiger charge is 2.62. The van der Waals surface area contributed by atoms with Crippen molar-refractivity contribution in [1.82, 2.24) is 4.90 Å². The highest BCUT2D eigenvalue weighted by atomic mass is 35.5. The van der Waals surface area contributed by atoms with E-state index < -0.39 is 18.1 Å². The largest absolute Gasteiger partial charge is 0.497 e. The lowest BCUT2D eigenvalue weighted by Crippen LogP contribution is -2.66. The van der Waals surface area contributed by atoms with E-state index in [-0.39, 0.29) is 18.1 Å². The first-order valence-corrected chi connectivity index (χ1v) is 10.6. The van der Waals surface area contributed by atoms with Crippen LogP contribution in [0.1, 0.15) is 12.0 Å². The van der Waals surface area contributed by atoms with Crippen LogP contribution in [0.3, 0.4) is 0 Å². The van der Waals surface area contributed by atoms with Gasteiger partial charge in [0.05, 0.1) is 31.2 Å². The van der Waals surface area contributed by atoms with E-state index in [4.69, 9.17) is 33.3 Å². The highest BCUT2D eigenvalue weighted by Crippen LogP contribution is 2.46. The number of carbonyl (C=O) groups excluding carboxylic acids is 1. The summed E-state index contributed by atoms with van der Waals surface area (Å²) in [4.78, 5) is 16.7. The SMILES string of the molecule is COc1ccc(CN2C(=S)N(c3ccc(Cl)cc3)[C@H]3[C@@H]2[C@H]2OC(=O)[C@@H]3C[C@H]2O)cc1. The van der Waals surface area contributed by atoms with Crippen LogP contribution >= 0.6 is 23.8 Å². The quantitative estimate of drug-likeness (QED) is 0.574. The minimum absolute atomic E-state index is 0.188. The lowest BCUT2D eigenvalue weighted by Gasteiger charge is -2.49. The van der Waals surface area contributed by atoms with Crippen molar-refractivity contribution in [2.24, 2.45) is 5.92 Å². The van der Waals surface area contributed by atoms with Gasteiger partial charge in [-0.25, -0.2) is 0 Å². The number of hydrogen-bond donors (Lipinski definition) is 1. The second-order valence-electron chi connectivity index (χ2n) is 7.90. The number of halogens is 1. The molecule has 6 rings (SSSR count). The van der Waals surface area contributed by atoms with Gasteiger partial charge in [0, 0.05) is 17.3 Å². The van der Waals surface area contributed by atoms with E-state index in [1.165, 1.54) is 0 Å². The highest BCUT2D eigenvalue weighted by molar-refractivity contribution is 7.80. The van der Waals surface area contributed by atoms with Gasteiger partial charge >= 0.3 is 5.97 Å². The Morgan fingerprint density at radius 1 is 1.17 bits per heavy atom. The molecule has 0 spiro atoms. The van der Waals surface area contributed by atoms with Crippen LogP contribution in [-0.4, -0.2) is 52.5 Å². The second kappa shape index (κ2) is 7.41. The molecule has 3 aliphatic heterocycles. The summed E-state index contributed by atoms with van der Waals surface area (Å²) in [6.45, 7) is 0.543. The molecule has 4 fully saturated rings. The number of benzene rings is 2. The van der Waals surface area contributed by atoms with Crippen LogP contribution < -0.4 is 9.64 Å². The molecule has 0 radical (unpaired) electrons. The third-order valence-electron chi connectivity index (χ3n) is 6.25. The van der Waals surface area contributed by atoms with Crippen molar-refractivity contribution < 1.29 is 19.4 Å². The zero-order valence-electron chi connectivity index (χ0n) is 16.3. The summed E-state index contributed by atoms with van der Waals surface area (Å²) in [5.41, 5.74) is 1.93. The summed E-state index contributed by atoms with van der Waals surface area (Å²) in [7, 11) is 1.63. The number of ether oxygens (including phenoxy) is 2. The Hall–Kier alpha value is -2.35. The summed E-state index contributed by atoms with van der Waals surface area (Å²) in [6.07, 6.45) is -0.922. The lowest BCUT2D eigenvalue weighted by atomic mass is 9.74. The molecule has 2 bridgehead atoms. The van der Waals surface area contributed by atoms with Crippen molar-refractivity contribution in [3.05, 3.63) is 59.1 Å². The Morgan fingerprint density at radius 3 is 2.53 bits per heavy atom. The predicted octanol–water partition coefficient (Wildman–Crippen LogP) is 3.00. The fourth-order valence-corrected chi connectivity index (χ4v) is 5.41. The number of carbonyl (C=O) groups is 1. The number of thiocarbonyl (C=S) groups is 1. The van der Waals surface area contributed by atoms with E-state index >= 15 is 0 Å². The van der Waals surface area contributed by atoms with Gasteiger partial charge < -0.3 is 24.4 Å². The average molecular weight is 445 g/mol. The van der Waals surface area contributed by atoms with Gasteiger partial charge in [0.15, 0.2) is 5.11 Å². The van der Waals surface area contributed by atoms with E-state index in [1.807, 2.05) is 53.4 Å². The molecule has 1 N–H and O–H groups in total. The van der Waals surface area contributed by atoms with Crippen LogP contribution in [0.2, 0.25) is 5.02 Å². The molecular formula is C22H21ClN2O4S. The summed E-state index contributed by atoms with van der Waals surface area (Å²) < 4.78 is 10.9. The van der Waals surface area contributed by atoms with Crippen LogP contribution in [0.4, 0.5) is 5.69 Å². The zero-order valence-corrected chi connectivity index (χ0v) is 17.8. The van der Waals surface area contributed by atoms with Gasteiger partial charge in [-0.1, -0.05) is 23.7 Å². The van der Waals surface area contributed by atoms with Crippen LogP contribution in [-0.2, 0) is 16.1 Å². The van der Waals surface area contributed by atoms with E-state index in [2.05, 4.69) is 4.90 Å². The predicted molar refractivity (Wildman–Crippen MR) is 117 cm³/mol. The van der Waals surface area contributed by atoms with Gasteiger partial charge in [0.25, 0.3) is 0 Å². The normalized spacial score (nSPS) is 29.8. The minimum Gasteiger partial charge on any atom is -0.497 e. The van der Waals surface area contributed by atoms with Crippen LogP contribution in [0.25, 0.3) is 0 Å². The first kappa shape index (κ1) is 19.6. The molecule has 0 amide bonds. The van der Waals surface area contributed by atoms with Gasteiger partial charge in [-0.05, 0) is 60.6 Å². The minimum atomic E-state index is -0.694. The summed E-state index contributed by atoms with van der Waals surface area (Å²) >= 11 is 12.0. The van der Waals surface area contributed by atoms with Gasteiger partial charge in [-0.2, -0.15) is 0 Å². The van der Waals surface area contributed by atoms with Crippen molar-refractivity contribution in [1.29, 1.82) is 0 Å². The Kier molecular flexibility index (Phi) is 4.84. The number of methoxy groups -OCH3 is 1. The Morgan fingerprint density at radius 2 is 1.87 bits per heavy atom. The molecule has 0 aromatic heterocycles. The van der Waals surface area contributed by atoms with Gasteiger partial charge in [-0.15, -0.1) is 0 Å². The fraction of sp³-hybridized carbons (Fsp3) is 0.364. The van der Waals surface area contributed by atoms with Gasteiger partial charge in [0.1, 0.15) is 11.9 Å². The van der Waals surface area contributed by atoms with Crippen LogP contribution in [0.5, 0.6) is 5.75 Å². The fourth-order valence-electron chi connectivity index (χ4n) is 4.87. The number of anilines is 1. The molecule has 8 heteroatoms.